The smallest absolute Gasteiger partial charge is 0.255 e. The summed E-state index contributed by atoms with van der Waals surface area (Å²) < 4.78 is 5.49. The lowest BCUT2D eigenvalue weighted by Gasteiger charge is -2.13. The molecule has 116 valence electrons. The molecular formula is C18H22N2O2. The largest absolute Gasteiger partial charge is 0.493 e. The van der Waals surface area contributed by atoms with Gasteiger partial charge >= 0.3 is 0 Å². The molecule has 0 aliphatic carbocycles. The Morgan fingerprint density at radius 3 is 2.41 bits per heavy atom. The van der Waals surface area contributed by atoms with Gasteiger partial charge in [-0.25, -0.2) is 0 Å². The average molecular weight is 298 g/mol. The number of benzene rings is 2. The van der Waals surface area contributed by atoms with Crippen LogP contribution in [0.4, 0.5) is 5.69 Å². The summed E-state index contributed by atoms with van der Waals surface area (Å²) in [5.41, 5.74) is 2.76. The van der Waals surface area contributed by atoms with Gasteiger partial charge in [-0.05, 0) is 36.8 Å². The molecular weight excluding hydrogens is 276 g/mol. The summed E-state index contributed by atoms with van der Waals surface area (Å²) in [4.78, 5) is 14.3. The lowest BCUT2D eigenvalue weighted by Crippen LogP contribution is -2.23. The quantitative estimate of drug-likeness (QED) is 0.891. The van der Waals surface area contributed by atoms with E-state index >= 15 is 0 Å². The van der Waals surface area contributed by atoms with Crippen molar-refractivity contribution in [2.24, 2.45) is 0 Å². The molecule has 0 fully saturated rings. The number of carbonyl (C=O) groups excluding carboxylic acids is 1. The van der Waals surface area contributed by atoms with E-state index in [4.69, 9.17) is 4.74 Å². The Kier molecular flexibility index (Phi) is 5.42. The molecule has 0 spiro atoms. The van der Waals surface area contributed by atoms with Crippen LogP contribution in [0.3, 0.4) is 0 Å². The number of para-hydroxylation sites is 1. The highest BCUT2D eigenvalue weighted by molar-refractivity contribution is 5.96. The summed E-state index contributed by atoms with van der Waals surface area (Å²) in [7, 11) is 4.00. The van der Waals surface area contributed by atoms with Crippen LogP contribution in [0.2, 0.25) is 0 Å². The maximum atomic E-state index is 12.3. The van der Waals surface area contributed by atoms with Gasteiger partial charge in [0.25, 0.3) is 5.91 Å². The summed E-state index contributed by atoms with van der Waals surface area (Å²) in [6.45, 7) is 2.93. The van der Waals surface area contributed by atoms with Crippen molar-refractivity contribution >= 4 is 11.6 Å². The Morgan fingerprint density at radius 2 is 1.77 bits per heavy atom. The van der Waals surface area contributed by atoms with Crippen molar-refractivity contribution in [3.8, 4) is 5.75 Å². The minimum absolute atomic E-state index is 0.124. The second-order valence-corrected chi connectivity index (χ2v) is 5.17. The van der Waals surface area contributed by atoms with Gasteiger partial charge < -0.3 is 15.0 Å². The van der Waals surface area contributed by atoms with Crippen LogP contribution in [-0.2, 0) is 6.54 Å². The van der Waals surface area contributed by atoms with E-state index < -0.39 is 0 Å². The van der Waals surface area contributed by atoms with E-state index in [0.29, 0.717) is 24.5 Å². The second-order valence-electron chi connectivity index (χ2n) is 5.17. The van der Waals surface area contributed by atoms with E-state index in [1.807, 2.05) is 68.4 Å². The van der Waals surface area contributed by atoms with Crippen LogP contribution in [-0.4, -0.2) is 26.6 Å². The zero-order chi connectivity index (χ0) is 15.9. The average Bonchev–Trinajstić information content (AvgIpc) is 2.54. The van der Waals surface area contributed by atoms with Crippen molar-refractivity contribution in [2.45, 2.75) is 13.5 Å². The molecule has 0 aromatic heterocycles. The molecule has 0 heterocycles. The zero-order valence-electron chi connectivity index (χ0n) is 13.3. The first-order valence-electron chi connectivity index (χ1n) is 7.38. The van der Waals surface area contributed by atoms with Gasteiger partial charge in [0, 0.05) is 26.3 Å². The van der Waals surface area contributed by atoms with Gasteiger partial charge in [0.15, 0.2) is 0 Å². The van der Waals surface area contributed by atoms with Crippen molar-refractivity contribution in [3.05, 3.63) is 59.7 Å². The molecule has 0 saturated carbocycles. The van der Waals surface area contributed by atoms with Crippen LogP contribution in [0.25, 0.3) is 0 Å². The summed E-state index contributed by atoms with van der Waals surface area (Å²) in [5, 5.41) is 2.93. The predicted molar refractivity (Wildman–Crippen MR) is 89.6 cm³/mol. The van der Waals surface area contributed by atoms with Gasteiger partial charge in [0.05, 0.1) is 12.2 Å². The second kappa shape index (κ2) is 7.50. The number of hydrogen-bond donors (Lipinski definition) is 1. The van der Waals surface area contributed by atoms with E-state index in [1.54, 1.807) is 6.07 Å². The fraction of sp³-hybridized carbons (Fsp3) is 0.278. The number of ether oxygens (including phenoxy) is 1. The molecule has 0 radical (unpaired) electrons. The zero-order valence-corrected chi connectivity index (χ0v) is 13.3. The van der Waals surface area contributed by atoms with Crippen LogP contribution >= 0.6 is 0 Å². The summed E-state index contributed by atoms with van der Waals surface area (Å²) in [5.74, 6) is 0.492. The molecule has 2 aromatic carbocycles. The number of nitrogens with one attached hydrogen (secondary N) is 1. The Morgan fingerprint density at radius 1 is 1.09 bits per heavy atom. The number of carbonyl (C=O) groups is 1. The van der Waals surface area contributed by atoms with E-state index in [0.717, 1.165) is 11.3 Å². The van der Waals surface area contributed by atoms with Crippen LogP contribution in [0.15, 0.2) is 48.5 Å². The number of hydrogen-bond acceptors (Lipinski definition) is 3. The first kappa shape index (κ1) is 15.9. The number of amides is 1. The minimum atomic E-state index is -0.124. The number of rotatable bonds is 6. The Bertz CT molecular complexity index is 621. The van der Waals surface area contributed by atoms with Crippen molar-refractivity contribution in [2.75, 3.05) is 25.6 Å². The predicted octanol–water partition coefficient (Wildman–Crippen LogP) is 3.08. The van der Waals surface area contributed by atoms with Gasteiger partial charge in [-0.1, -0.05) is 24.3 Å². The minimum Gasteiger partial charge on any atom is -0.493 e. The molecule has 22 heavy (non-hydrogen) atoms. The van der Waals surface area contributed by atoms with E-state index in [1.165, 1.54) is 0 Å². The van der Waals surface area contributed by atoms with E-state index in [2.05, 4.69) is 5.32 Å². The highest BCUT2D eigenvalue weighted by atomic mass is 16.5. The molecule has 0 aliphatic rings. The highest BCUT2D eigenvalue weighted by Crippen LogP contribution is 2.18. The van der Waals surface area contributed by atoms with Crippen LogP contribution in [0.1, 0.15) is 22.8 Å². The fourth-order valence-electron chi connectivity index (χ4n) is 2.13. The van der Waals surface area contributed by atoms with Crippen molar-refractivity contribution in [1.29, 1.82) is 0 Å². The summed E-state index contributed by atoms with van der Waals surface area (Å²) in [6.07, 6.45) is 0. The lowest BCUT2D eigenvalue weighted by molar-refractivity contribution is 0.0947. The number of nitrogens with zero attached hydrogens (tertiary/aromatic N) is 1. The molecule has 0 atom stereocenters. The first-order chi connectivity index (χ1) is 10.6. The van der Waals surface area contributed by atoms with Crippen LogP contribution in [0.5, 0.6) is 5.75 Å². The van der Waals surface area contributed by atoms with Crippen molar-refractivity contribution < 1.29 is 9.53 Å². The van der Waals surface area contributed by atoms with E-state index in [9.17, 15) is 4.79 Å². The Labute approximate surface area is 131 Å². The molecule has 1 amide bonds. The molecule has 0 bridgehead atoms. The van der Waals surface area contributed by atoms with Gasteiger partial charge in [0.2, 0.25) is 0 Å². The maximum absolute atomic E-state index is 12.3. The SMILES string of the molecule is CCOc1ccccc1C(=O)NCc1ccc(N(C)C)cc1. The molecule has 1 N–H and O–H groups in total. The lowest BCUT2D eigenvalue weighted by atomic mass is 10.1. The standard InChI is InChI=1S/C18H22N2O2/c1-4-22-17-8-6-5-7-16(17)18(21)19-13-14-9-11-15(12-10-14)20(2)3/h5-12H,4,13H2,1-3H3,(H,19,21). The molecule has 0 saturated heterocycles. The third kappa shape index (κ3) is 4.01. The molecule has 4 heteroatoms. The summed E-state index contributed by atoms with van der Waals surface area (Å²) >= 11 is 0. The number of anilines is 1. The van der Waals surface area contributed by atoms with Crippen LogP contribution < -0.4 is 15.0 Å². The molecule has 2 aromatic rings. The van der Waals surface area contributed by atoms with Gasteiger partial charge in [-0.3, -0.25) is 4.79 Å². The Hall–Kier alpha value is -2.49. The van der Waals surface area contributed by atoms with Gasteiger partial charge in [0.1, 0.15) is 5.75 Å². The molecule has 4 nitrogen and oxygen atoms in total. The van der Waals surface area contributed by atoms with Crippen molar-refractivity contribution in [3.63, 3.8) is 0 Å². The maximum Gasteiger partial charge on any atom is 0.255 e. The van der Waals surface area contributed by atoms with Gasteiger partial charge in [-0.15, -0.1) is 0 Å². The topological polar surface area (TPSA) is 41.6 Å². The molecule has 0 unspecified atom stereocenters. The fourth-order valence-corrected chi connectivity index (χ4v) is 2.13. The van der Waals surface area contributed by atoms with Gasteiger partial charge in [-0.2, -0.15) is 0 Å². The third-order valence-corrected chi connectivity index (χ3v) is 3.34. The molecule has 0 aliphatic heterocycles. The monoisotopic (exact) mass is 298 g/mol. The third-order valence-electron chi connectivity index (χ3n) is 3.34. The first-order valence-corrected chi connectivity index (χ1v) is 7.38. The van der Waals surface area contributed by atoms with Crippen LogP contribution in [0, 0.1) is 0 Å². The molecule has 2 rings (SSSR count). The Balaban J connectivity index is 2.01. The van der Waals surface area contributed by atoms with E-state index in [-0.39, 0.29) is 5.91 Å². The summed E-state index contributed by atoms with van der Waals surface area (Å²) in [6, 6.07) is 15.4. The van der Waals surface area contributed by atoms with Crippen molar-refractivity contribution in [1.82, 2.24) is 5.32 Å². The normalized spacial score (nSPS) is 10.1. The highest BCUT2D eigenvalue weighted by Gasteiger charge is 2.11.